The molecule has 7 nitrogen and oxygen atoms in total. The Morgan fingerprint density at radius 2 is 1.86 bits per heavy atom. The van der Waals surface area contributed by atoms with Crippen molar-refractivity contribution in [2.45, 2.75) is 25.4 Å². The van der Waals surface area contributed by atoms with Gasteiger partial charge in [0.1, 0.15) is 0 Å². The maximum atomic E-state index is 12.6. The van der Waals surface area contributed by atoms with Crippen molar-refractivity contribution in [2.24, 2.45) is 0 Å². The van der Waals surface area contributed by atoms with Crippen molar-refractivity contribution in [3.05, 3.63) is 76.2 Å². The van der Waals surface area contributed by atoms with E-state index in [-0.39, 0.29) is 22.6 Å². The van der Waals surface area contributed by atoms with Crippen molar-refractivity contribution in [3.63, 3.8) is 0 Å². The van der Waals surface area contributed by atoms with Crippen molar-refractivity contribution in [3.8, 4) is 0 Å². The number of carbonyl (C=O) groups is 1. The molecule has 3 aromatic rings. The smallest absolute Gasteiger partial charge is 0.287 e. The van der Waals surface area contributed by atoms with E-state index in [4.69, 9.17) is 4.42 Å². The third kappa shape index (κ3) is 3.89. The minimum atomic E-state index is -0.389. The van der Waals surface area contributed by atoms with Gasteiger partial charge in [0, 0.05) is 48.6 Å². The second-order valence-corrected chi connectivity index (χ2v) is 7.10. The molecule has 2 aromatic carbocycles. The molecule has 0 bridgehead atoms. The van der Waals surface area contributed by atoms with E-state index >= 15 is 0 Å². The lowest BCUT2D eigenvalue weighted by molar-refractivity contribution is -0.384. The highest BCUT2D eigenvalue weighted by atomic mass is 16.6. The van der Waals surface area contributed by atoms with Crippen LogP contribution in [0.4, 0.5) is 5.69 Å². The Morgan fingerprint density at radius 3 is 2.57 bits per heavy atom. The summed E-state index contributed by atoms with van der Waals surface area (Å²) < 4.78 is 5.47. The molecule has 0 saturated carbocycles. The van der Waals surface area contributed by atoms with Crippen LogP contribution in [0.15, 0.2) is 59.2 Å². The number of hydrogen-bond donors (Lipinski definition) is 1. The van der Waals surface area contributed by atoms with Gasteiger partial charge in [0.05, 0.1) is 11.2 Å². The Hall–Kier alpha value is -3.19. The van der Waals surface area contributed by atoms with Crippen molar-refractivity contribution in [1.82, 2.24) is 10.2 Å². The number of nitrogens with zero attached hydrogens (tertiary/aromatic N) is 2. The summed E-state index contributed by atoms with van der Waals surface area (Å²) in [5.74, 6) is 0.193. The van der Waals surface area contributed by atoms with Crippen LogP contribution in [-0.4, -0.2) is 34.9 Å². The summed E-state index contributed by atoms with van der Waals surface area (Å²) in [4.78, 5) is 25.2. The molecular formula is C21H21N3O4. The maximum Gasteiger partial charge on any atom is 0.287 e. The van der Waals surface area contributed by atoms with E-state index in [2.05, 4.69) is 10.2 Å². The van der Waals surface area contributed by atoms with Crippen LogP contribution in [0, 0.1) is 10.1 Å². The molecule has 1 aliphatic rings. The van der Waals surface area contributed by atoms with E-state index in [1.165, 1.54) is 12.1 Å². The number of likely N-dealkylation sites (tertiary alicyclic amines) is 1. The summed E-state index contributed by atoms with van der Waals surface area (Å²) in [5.41, 5.74) is 1.16. The lowest BCUT2D eigenvalue weighted by Gasteiger charge is -2.32. The molecule has 0 aliphatic carbocycles. The minimum absolute atomic E-state index is 0.107. The van der Waals surface area contributed by atoms with E-state index in [1.807, 2.05) is 24.3 Å². The van der Waals surface area contributed by atoms with Crippen LogP contribution in [0.25, 0.3) is 10.8 Å². The number of fused-ring (bicyclic) bond motifs is 1. The minimum Gasteiger partial charge on any atom is -0.458 e. The van der Waals surface area contributed by atoms with E-state index < -0.39 is 0 Å². The lowest BCUT2D eigenvalue weighted by Crippen LogP contribution is -2.44. The van der Waals surface area contributed by atoms with Crippen LogP contribution >= 0.6 is 0 Å². The molecule has 1 aliphatic heterocycles. The molecule has 1 amide bonds. The van der Waals surface area contributed by atoms with Gasteiger partial charge in [-0.05, 0) is 18.4 Å². The fraction of sp³-hybridized carbons (Fsp3) is 0.286. The highest BCUT2D eigenvalue weighted by molar-refractivity contribution is 6.04. The molecule has 144 valence electrons. The predicted molar refractivity (Wildman–Crippen MR) is 105 cm³/mol. The van der Waals surface area contributed by atoms with Crippen LogP contribution < -0.4 is 5.32 Å². The first kappa shape index (κ1) is 18.2. The highest BCUT2D eigenvalue weighted by Crippen LogP contribution is 2.22. The van der Waals surface area contributed by atoms with E-state index in [0.717, 1.165) is 48.8 Å². The van der Waals surface area contributed by atoms with Crippen LogP contribution in [0.5, 0.6) is 0 Å². The summed E-state index contributed by atoms with van der Waals surface area (Å²) >= 11 is 0. The van der Waals surface area contributed by atoms with Crippen molar-refractivity contribution < 1.29 is 14.1 Å². The zero-order chi connectivity index (χ0) is 19.5. The van der Waals surface area contributed by atoms with Gasteiger partial charge >= 0.3 is 0 Å². The number of non-ortho nitro benzene ring substituents is 1. The summed E-state index contributed by atoms with van der Waals surface area (Å²) in [7, 11) is 0. The van der Waals surface area contributed by atoms with Gasteiger partial charge in [-0.15, -0.1) is 0 Å². The monoisotopic (exact) mass is 379 g/mol. The molecule has 2 heterocycles. The second-order valence-electron chi connectivity index (χ2n) is 7.10. The van der Waals surface area contributed by atoms with Crippen LogP contribution in [-0.2, 0) is 6.54 Å². The Bertz CT molecular complexity index is 988. The van der Waals surface area contributed by atoms with Crippen molar-refractivity contribution >= 4 is 22.4 Å². The number of nitrogens with one attached hydrogen (secondary N) is 1. The van der Waals surface area contributed by atoms with Crippen LogP contribution in [0.2, 0.25) is 0 Å². The Kier molecular flexibility index (Phi) is 5.08. The van der Waals surface area contributed by atoms with Crippen molar-refractivity contribution in [2.75, 3.05) is 13.1 Å². The summed E-state index contributed by atoms with van der Waals surface area (Å²) in [5, 5.41) is 15.6. The van der Waals surface area contributed by atoms with E-state index in [0.29, 0.717) is 5.76 Å². The molecule has 1 aromatic heterocycles. The number of piperidine rings is 1. The first-order valence-electron chi connectivity index (χ1n) is 9.33. The van der Waals surface area contributed by atoms with Gasteiger partial charge < -0.3 is 9.73 Å². The predicted octanol–water partition coefficient (Wildman–Crippen LogP) is 3.74. The normalized spacial score (nSPS) is 15.6. The molecular weight excluding hydrogens is 358 g/mol. The summed E-state index contributed by atoms with van der Waals surface area (Å²) in [6.45, 7) is 2.48. The van der Waals surface area contributed by atoms with Gasteiger partial charge in [0.2, 0.25) is 0 Å². The average molecular weight is 379 g/mol. The van der Waals surface area contributed by atoms with Gasteiger partial charge in [-0.25, -0.2) is 0 Å². The lowest BCUT2D eigenvalue weighted by atomic mass is 10.0. The third-order valence-corrected chi connectivity index (χ3v) is 5.19. The Balaban J connectivity index is 1.30. The number of nitro benzene ring substituents is 1. The molecule has 1 saturated heterocycles. The van der Waals surface area contributed by atoms with E-state index in [9.17, 15) is 14.9 Å². The topological polar surface area (TPSA) is 88.6 Å². The van der Waals surface area contributed by atoms with Gasteiger partial charge in [0.25, 0.3) is 11.6 Å². The molecule has 0 spiro atoms. The first-order valence-corrected chi connectivity index (χ1v) is 9.33. The number of nitro groups is 1. The molecule has 1 fully saturated rings. The molecule has 0 atom stereocenters. The average Bonchev–Trinajstić information content (AvgIpc) is 3.14. The quantitative estimate of drug-likeness (QED) is 0.539. The Morgan fingerprint density at radius 1 is 1.14 bits per heavy atom. The fourth-order valence-electron chi connectivity index (χ4n) is 3.64. The van der Waals surface area contributed by atoms with Crippen LogP contribution in [0.1, 0.15) is 29.0 Å². The molecule has 0 unspecified atom stereocenters. The zero-order valence-corrected chi connectivity index (χ0v) is 15.3. The fourth-order valence-corrected chi connectivity index (χ4v) is 3.64. The highest BCUT2D eigenvalue weighted by Gasteiger charge is 2.23. The number of furan rings is 1. The molecule has 0 radical (unpaired) electrons. The van der Waals surface area contributed by atoms with E-state index in [1.54, 1.807) is 18.4 Å². The van der Waals surface area contributed by atoms with Gasteiger partial charge in [-0.3, -0.25) is 19.8 Å². The second kappa shape index (κ2) is 7.82. The molecule has 1 N–H and O–H groups in total. The molecule has 28 heavy (non-hydrogen) atoms. The van der Waals surface area contributed by atoms with Gasteiger partial charge in [0.15, 0.2) is 5.76 Å². The summed E-state index contributed by atoms with van der Waals surface area (Å²) in [6, 6.07) is 14.4. The largest absolute Gasteiger partial charge is 0.458 e. The van der Waals surface area contributed by atoms with Gasteiger partial charge in [-0.1, -0.05) is 36.4 Å². The van der Waals surface area contributed by atoms with Crippen LogP contribution in [0.3, 0.4) is 0 Å². The van der Waals surface area contributed by atoms with Gasteiger partial charge in [-0.2, -0.15) is 0 Å². The third-order valence-electron chi connectivity index (χ3n) is 5.19. The SMILES string of the molecule is O=C(NC1CCN(Cc2ccc([N+](=O)[O-])cc2)CC1)c1occ2ccccc12. The molecule has 7 heteroatoms. The number of rotatable bonds is 5. The van der Waals surface area contributed by atoms with Crippen molar-refractivity contribution in [1.29, 1.82) is 0 Å². The number of benzene rings is 2. The maximum absolute atomic E-state index is 12.6. The standard InChI is InChI=1S/C21H21N3O4/c25-21(20-19-4-2-1-3-16(19)14-28-20)22-17-9-11-23(12-10-17)13-15-5-7-18(8-6-15)24(26)27/h1-8,14,17H,9-13H2,(H,22,25). The number of amides is 1. The number of carbonyl (C=O) groups excluding carboxylic acids is 1. The summed E-state index contributed by atoms with van der Waals surface area (Å²) in [6.07, 6.45) is 3.33. The number of hydrogen-bond acceptors (Lipinski definition) is 5. The first-order chi connectivity index (χ1) is 13.6. The zero-order valence-electron chi connectivity index (χ0n) is 15.3. The molecule has 4 rings (SSSR count). The Labute approximate surface area is 162 Å².